The molecule has 0 aliphatic carbocycles. The van der Waals surface area contributed by atoms with Crippen LogP contribution in [0.3, 0.4) is 0 Å². The molecule has 1 aliphatic rings. The molecule has 1 aliphatic heterocycles. The summed E-state index contributed by atoms with van der Waals surface area (Å²) in [6.07, 6.45) is 0.897. The summed E-state index contributed by atoms with van der Waals surface area (Å²) in [5.41, 5.74) is 0.114. The molecule has 1 fully saturated rings. The van der Waals surface area contributed by atoms with Crippen LogP contribution in [0, 0.1) is 0 Å². The molecule has 0 aromatic heterocycles. The Morgan fingerprint density at radius 3 is 2.86 bits per heavy atom. The second-order valence-electron chi connectivity index (χ2n) is 4.83. The summed E-state index contributed by atoms with van der Waals surface area (Å²) in [6.45, 7) is 5.04. The maximum Gasteiger partial charge on any atom is 0.341 e. The predicted molar refractivity (Wildman–Crippen MR) is 76.8 cm³/mol. The van der Waals surface area contributed by atoms with Crippen LogP contribution >= 0.6 is 0 Å². The second kappa shape index (κ2) is 7.85. The minimum Gasteiger partial charge on any atom is -0.507 e. The molecule has 0 spiro atoms. The molecule has 0 unspecified atom stereocenters. The first-order valence-corrected chi connectivity index (χ1v) is 7.05. The Balaban J connectivity index is 1.78. The zero-order chi connectivity index (χ0) is 15.1. The topological polar surface area (TPSA) is 68.2 Å². The van der Waals surface area contributed by atoms with Crippen molar-refractivity contribution < 1.29 is 24.1 Å². The molecular weight excluding hydrogens is 274 g/mol. The standard InChI is InChI=1S/C15H21NO5/c1-19-15(18)13-11-12(3-4-14(13)17)21-8-2-5-16-6-9-20-10-7-16/h3-4,11,17H,2,5-10H2,1H3. The van der Waals surface area contributed by atoms with E-state index in [4.69, 9.17) is 9.47 Å². The summed E-state index contributed by atoms with van der Waals surface area (Å²) in [7, 11) is 1.28. The Morgan fingerprint density at radius 2 is 2.14 bits per heavy atom. The molecule has 116 valence electrons. The van der Waals surface area contributed by atoms with Crippen LogP contribution in [-0.2, 0) is 9.47 Å². The Kier molecular flexibility index (Phi) is 5.83. The van der Waals surface area contributed by atoms with Gasteiger partial charge in [0.15, 0.2) is 0 Å². The number of esters is 1. The molecule has 0 atom stereocenters. The van der Waals surface area contributed by atoms with Crippen LogP contribution in [0.1, 0.15) is 16.8 Å². The number of carbonyl (C=O) groups is 1. The van der Waals surface area contributed by atoms with Crippen molar-refractivity contribution in [1.82, 2.24) is 4.90 Å². The molecule has 21 heavy (non-hydrogen) atoms. The van der Waals surface area contributed by atoms with Crippen LogP contribution in [0.5, 0.6) is 11.5 Å². The van der Waals surface area contributed by atoms with Crippen molar-refractivity contribution in [2.75, 3.05) is 46.6 Å². The number of methoxy groups -OCH3 is 1. The Bertz CT molecular complexity index is 471. The smallest absolute Gasteiger partial charge is 0.341 e. The average Bonchev–Trinajstić information content (AvgIpc) is 2.53. The van der Waals surface area contributed by atoms with Crippen LogP contribution in [-0.4, -0.2) is 62.5 Å². The zero-order valence-corrected chi connectivity index (χ0v) is 12.2. The van der Waals surface area contributed by atoms with Crippen LogP contribution < -0.4 is 4.74 Å². The number of nitrogens with zero attached hydrogens (tertiary/aromatic N) is 1. The highest BCUT2D eigenvalue weighted by molar-refractivity contribution is 5.92. The first-order chi connectivity index (χ1) is 10.2. The number of hydrogen-bond donors (Lipinski definition) is 1. The van der Waals surface area contributed by atoms with Crippen molar-refractivity contribution in [3.8, 4) is 11.5 Å². The van der Waals surface area contributed by atoms with Gasteiger partial charge < -0.3 is 19.3 Å². The van der Waals surface area contributed by atoms with Gasteiger partial charge in [-0.2, -0.15) is 0 Å². The maximum atomic E-state index is 11.5. The average molecular weight is 295 g/mol. The van der Waals surface area contributed by atoms with Gasteiger partial charge in [0.1, 0.15) is 17.1 Å². The van der Waals surface area contributed by atoms with Crippen molar-refractivity contribution in [2.24, 2.45) is 0 Å². The molecule has 1 aromatic rings. The second-order valence-corrected chi connectivity index (χ2v) is 4.83. The quantitative estimate of drug-likeness (QED) is 0.630. The normalized spacial score (nSPS) is 15.7. The number of phenols is 1. The molecule has 1 N–H and O–H groups in total. The molecular formula is C15H21NO5. The van der Waals surface area contributed by atoms with Gasteiger partial charge in [-0.05, 0) is 24.6 Å². The number of phenolic OH excluding ortho intramolecular Hbond substituents is 1. The molecule has 6 nitrogen and oxygen atoms in total. The van der Waals surface area contributed by atoms with E-state index in [9.17, 15) is 9.90 Å². The summed E-state index contributed by atoms with van der Waals surface area (Å²) < 4.78 is 15.5. The third-order valence-corrected chi connectivity index (χ3v) is 3.36. The van der Waals surface area contributed by atoms with E-state index in [-0.39, 0.29) is 11.3 Å². The first kappa shape index (κ1) is 15.6. The van der Waals surface area contributed by atoms with E-state index in [2.05, 4.69) is 9.64 Å². The SMILES string of the molecule is COC(=O)c1cc(OCCCN2CCOCC2)ccc1O. The lowest BCUT2D eigenvalue weighted by Gasteiger charge is -2.26. The van der Waals surface area contributed by atoms with Gasteiger partial charge in [0, 0.05) is 19.6 Å². The van der Waals surface area contributed by atoms with E-state index in [1.807, 2.05) is 0 Å². The Labute approximate surface area is 124 Å². The Morgan fingerprint density at radius 1 is 1.38 bits per heavy atom. The zero-order valence-electron chi connectivity index (χ0n) is 12.2. The number of rotatable bonds is 6. The number of ether oxygens (including phenoxy) is 3. The van der Waals surface area contributed by atoms with E-state index < -0.39 is 5.97 Å². The predicted octanol–water partition coefficient (Wildman–Crippen LogP) is 1.28. The van der Waals surface area contributed by atoms with E-state index >= 15 is 0 Å². The first-order valence-electron chi connectivity index (χ1n) is 7.05. The van der Waals surface area contributed by atoms with Gasteiger partial charge in [0.05, 0.1) is 26.9 Å². The summed E-state index contributed by atoms with van der Waals surface area (Å²) in [4.78, 5) is 13.8. The molecule has 1 heterocycles. The summed E-state index contributed by atoms with van der Waals surface area (Å²) in [5, 5.41) is 9.60. The number of hydrogen-bond acceptors (Lipinski definition) is 6. The highest BCUT2D eigenvalue weighted by Crippen LogP contribution is 2.23. The van der Waals surface area contributed by atoms with Gasteiger partial charge in [-0.25, -0.2) is 4.79 Å². The van der Waals surface area contributed by atoms with Gasteiger partial charge >= 0.3 is 5.97 Å². The van der Waals surface area contributed by atoms with Crippen molar-refractivity contribution in [3.63, 3.8) is 0 Å². The summed E-state index contributed by atoms with van der Waals surface area (Å²) in [6, 6.07) is 4.57. The number of morpholine rings is 1. The monoisotopic (exact) mass is 295 g/mol. The highest BCUT2D eigenvalue weighted by Gasteiger charge is 2.13. The van der Waals surface area contributed by atoms with Gasteiger partial charge in [-0.3, -0.25) is 4.90 Å². The van der Waals surface area contributed by atoms with Crippen LogP contribution in [0.25, 0.3) is 0 Å². The van der Waals surface area contributed by atoms with E-state index in [0.717, 1.165) is 39.3 Å². The largest absolute Gasteiger partial charge is 0.507 e. The van der Waals surface area contributed by atoms with Crippen LogP contribution in [0.4, 0.5) is 0 Å². The van der Waals surface area contributed by atoms with E-state index in [1.54, 1.807) is 6.07 Å². The fourth-order valence-electron chi connectivity index (χ4n) is 2.18. The van der Waals surface area contributed by atoms with Gasteiger partial charge in [-0.1, -0.05) is 0 Å². The lowest BCUT2D eigenvalue weighted by molar-refractivity contribution is 0.0358. The molecule has 0 saturated carbocycles. The molecule has 0 amide bonds. The fourth-order valence-corrected chi connectivity index (χ4v) is 2.18. The third-order valence-electron chi connectivity index (χ3n) is 3.36. The van der Waals surface area contributed by atoms with Crippen LogP contribution in [0.15, 0.2) is 18.2 Å². The molecule has 0 bridgehead atoms. The molecule has 1 aromatic carbocycles. The summed E-state index contributed by atoms with van der Waals surface area (Å²) >= 11 is 0. The maximum absolute atomic E-state index is 11.5. The van der Waals surface area contributed by atoms with Crippen molar-refractivity contribution in [3.05, 3.63) is 23.8 Å². The van der Waals surface area contributed by atoms with Crippen molar-refractivity contribution >= 4 is 5.97 Å². The fraction of sp³-hybridized carbons (Fsp3) is 0.533. The van der Waals surface area contributed by atoms with Gasteiger partial charge in [-0.15, -0.1) is 0 Å². The highest BCUT2D eigenvalue weighted by atomic mass is 16.5. The van der Waals surface area contributed by atoms with Gasteiger partial charge in [0.2, 0.25) is 0 Å². The summed E-state index contributed by atoms with van der Waals surface area (Å²) in [5.74, 6) is -0.135. The van der Waals surface area contributed by atoms with E-state index in [0.29, 0.717) is 12.4 Å². The minimum atomic E-state index is -0.578. The third kappa shape index (κ3) is 4.61. The van der Waals surface area contributed by atoms with Crippen molar-refractivity contribution in [2.45, 2.75) is 6.42 Å². The minimum absolute atomic E-state index is 0.109. The number of carbonyl (C=O) groups excluding carboxylic acids is 1. The molecule has 0 radical (unpaired) electrons. The lowest BCUT2D eigenvalue weighted by atomic mass is 10.2. The van der Waals surface area contributed by atoms with Gasteiger partial charge in [0.25, 0.3) is 0 Å². The van der Waals surface area contributed by atoms with Crippen molar-refractivity contribution in [1.29, 1.82) is 0 Å². The van der Waals surface area contributed by atoms with Crippen LogP contribution in [0.2, 0.25) is 0 Å². The number of aromatic hydroxyl groups is 1. The molecule has 6 heteroatoms. The molecule has 2 rings (SSSR count). The molecule has 1 saturated heterocycles. The lowest BCUT2D eigenvalue weighted by Crippen LogP contribution is -2.37. The van der Waals surface area contributed by atoms with E-state index in [1.165, 1.54) is 19.2 Å². The number of benzene rings is 1. The Hall–Kier alpha value is -1.79.